The molecule has 2 atom stereocenters. The molecule has 0 radical (unpaired) electrons. The highest BCUT2D eigenvalue weighted by molar-refractivity contribution is 7.89. The van der Waals surface area contributed by atoms with Gasteiger partial charge in [0.25, 0.3) is 0 Å². The molecule has 0 saturated carbocycles. The number of carbonyl (C=O) groups is 2. The maximum absolute atomic E-state index is 12.8. The lowest BCUT2D eigenvalue weighted by atomic mass is 9.96. The van der Waals surface area contributed by atoms with Gasteiger partial charge in [0.15, 0.2) is 0 Å². The Morgan fingerprint density at radius 2 is 1.92 bits per heavy atom. The van der Waals surface area contributed by atoms with Gasteiger partial charge in [-0.2, -0.15) is 0 Å². The Hall–Kier alpha value is -1.41. The molecule has 26 heavy (non-hydrogen) atoms. The first-order valence-corrected chi connectivity index (χ1v) is 11.5. The summed E-state index contributed by atoms with van der Waals surface area (Å²) in [5, 5.41) is 0. The summed E-state index contributed by atoms with van der Waals surface area (Å²) < 4.78 is 25.1. The van der Waals surface area contributed by atoms with Crippen molar-refractivity contribution in [1.29, 1.82) is 0 Å². The van der Waals surface area contributed by atoms with Crippen molar-refractivity contribution in [3.8, 4) is 0 Å². The normalized spacial score (nSPS) is 27.0. The van der Waals surface area contributed by atoms with Crippen molar-refractivity contribution in [1.82, 2.24) is 14.1 Å². The van der Waals surface area contributed by atoms with Gasteiger partial charge in [0.2, 0.25) is 21.8 Å². The number of hydrogen-bond donors (Lipinski definition) is 0. The Bertz CT molecular complexity index is 697. The molecule has 3 rings (SSSR count). The Kier molecular flexibility index (Phi) is 5.72. The third kappa shape index (κ3) is 3.67. The van der Waals surface area contributed by atoms with Gasteiger partial charge in [-0.1, -0.05) is 19.8 Å². The van der Waals surface area contributed by atoms with E-state index >= 15 is 0 Å². The van der Waals surface area contributed by atoms with E-state index in [-0.39, 0.29) is 11.8 Å². The molecule has 0 bridgehead atoms. The van der Waals surface area contributed by atoms with Gasteiger partial charge in [-0.3, -0.25) is 9.59 Å². The van der Waals surface area contributed by atoms with Crippen LogP contribution in [0.3, 0.4) is 0 Å². The van der Waals surface area contributed by atoms with Crippen LogP contribution in [0.1, 0.15) is 45.4 Å². The van der Waals surface area contributed by atoms with Crippen LogP contribution in [0.2, 0.25) is 0 Å². The van der Waals surface area contributed by atoms with Crippen molar-refractivity contribution in [2.45, 2.75) is 51.5 Å². The average molecular weight is 384 g/mol. The van der Waals surface area contributed by atoms with E-state index in [9.17, 15) is 18.0 Å². The minimum Gasteiger partial charge on any atom is -0.329 e. The molecule has 0 aromatic carbocycles. The van der Waals surface area contributed by atoms with Crippen LogP contribution in [-0.4, -0.2) is 72.8 Å². The minimum atomic E-state index is -3.67. The first-order valence-electron chi connectivity index (χ1n) is 9.60. The van der Waals surface area contributed by atoms with Gasteiger partial charge >= 0.3 is 0 Å². The summed E-state index contributed by atoms with van der Waals surface area (Å²) in [6.07, 6.45) is 8.19. The van der Waals surface area contributed by atoms with E-state index in [1.54, 1.807) is 11.0 Å². The van der Waals surface area contributed by atoms with Crippen LogP contribution < -0.4 is 0 Å². The maximum Gasteiger partial charge on any atom is 0.246 e. The van der Waals surface area contributed by atoms with E-state index in [0.29, 0.717) is 25.1 Å². The Morgan fingerprint density at radius 3 is 2.54 bits per heavy atom. The maximum atomic E-state index is 12.8. The lowest BCUT2D eigenvalue weighted by Crippen LogP contribution is -2.42. The van der Waals surface area contributed by atoms with Crippen LogP contribution in [0.25, 0.3) is 0 Å². The monoisotopic (exact) mass is 383 g/mol. The van der Waals surface area contributed by atoms with E-state index in [1.807, 2.05) is 6.92 Å². The van der Waals surface area contributed by atoms with Crippen LogP contribution in [-0.2, 0) is 19.6 Å². The first-order chi connectivity index (χ1) is 12.3. The van der Waals surface area contributed by atoms with Crippen molar-refractivity contribution in [3.63, 3.8) is 0 Å². The number of hydrogen-bond acceptors (Lipinski definition) is 5. The molecule has 146 valence electrons. The Morgan fingerprint density at radius 1 is 1.23 bits per heavy atom. The zero-order chi connectivity index (χ0) is 18.9. The molecule has 0 spiro atoms. The SMILES string of the molecule is CCCC1C(=O)N(S(C)(=O)=O)C2=CCN(C(=O)CCN3CCCCC3)[C@@H]21. The molecule has 3 heterocycles. The Balaban J connectivity index is 1.72. The van der Waals surface area contributed by atoms with Gasteiger partial charge in [-0.25, -0.2) is 12.7 Å². The van der Waals surface area contributed by atoms with Crippen molar-refractivity contribution in [2.24, 2.45) is 5.92 Å². The lowest BCUT2D eigenvalue weighted by Gasteiger charge is -2.30. The van der Waals surface area contributed by atoms with Crippen LogP contribution in [0.4, 0.5) is 0 Å². The largest absolute Gasteiger partial charge is 0.329 e. The molecule has 0 aromatic heterocycles. The number of piperidine rings is 1. The highest BCUT2D eigenvalue weighted by atomic mass is 32.2. The van der Waals surface area contributed by atoms with Crippen LogP contribution in [0.5, 0.6) is 0 Å². The van der Waals surface area contributed by atoms with E-state index in [1.165, 1.54) is 19.3 Å². The quantitative estimate of drug-likeness (QED) is 0.688. The molecule has 7 nitrogen and oxygen atoms in total. The fourth-order valence-corrected chi connectivity index (χ4v) is 5.44. The Labute approximate surface area is 156 Å². The molecule has 2 saturated heterocycles. The molecule has 3 aliphatic heterocycles. The van der Waals surface area contributed by atoms with Crippen LogP contribution in [0, 0.1) is 5.92 Å². The number of sulfonamides is 1. The van der Waals surface area contributed by atoms with Gasteiger partial charge in [0.05, 0.1) is 23.9 Å². The summed E-state index contributed by atoms with van der Waals surface area (Å²) in [4.78, 5) is 29.5. The molecule has 0 aromatic rings. The zero-order valence-corrected chi connectivity index (χ0v) is 16.5. The number of rotatable bonds is 6. The lowest BCUT2D eigenvalue weighted by molar-refractivity contribution is -0.134. The molecule has 0 N–H and O–H groups in total. The molecular formula is C18H29N3O4S. The van der Waals surface area contributed by atoms with Gasteiger partial charge < -0.3 is 9.80 Å². The van der Waals surface area contributed by atoms with E-state index in [0.717, 1.165) is 36.6 Å². The fourth-order valence-electron chi connectivity index (χ4n) is 4.41. The third-order valence-corrected chi connectivity index (χ3v) is 6.67. The summed E-state index contributed by atoms with van der Waals surface area (Å²) >= 11 is 0. The zero-order valence-electron chi connectivity index (χ0n) is 15.7. The highest BCUT2D eigenvalue weighted by Gasteiger charge is 2.53. The molecule has 0 aliphatic carbocycles. The number of carbonyl (C=O) groups excluding carboxylic acids is 2. The average Bonchev–Trinajstić information content (AvgIpc) is 3.12. The smallest absolute Gasteiger partial charge is 0.246 e. The fraction of sp³-hybridized carbons (Fsp3) is 0.778. The van der Waals surface area contributed by atoms with Crippen LogP contribution >= 0.6 is 0 Å². The van der Waals surface area contributed by atoms with E-state index < -0.39 is 22.0 Å². The van der Waals surface area contributed by atoms with E-state index in [2.05, 4.69) is 4.90 Å². The number of nitrogens with zero attached hydrogens (tertiary/aromatic N) is 3. The second kappa shape index (κ2) is 7.68. The standard InChI is InChI=1S/C18H29N3O4S/c1-3-7-14-17-15(21(18(14)23)26(2,24)25)8-13-20(17)16(22)9-12-19-10-5-4-6-11-19/h8,14,17H,3-7,9-13H2,1-2H3/t14?,17-/m1/s1. The summed E-state index contributed by atoms with van der Waals surface area (Å²) in [5.74, 6) is -0.836. The van der Waals surface area contributed by atoms with Crippen molar-refractivity contribution < 1.29 is 18.0 Å². The predicted molar refractivity (Wildman–Crippen MR) is 98.6 cm³/mol. The molecular weight excluding hydrogens is 354 g/mol. The summed E-state index contributed by atoms with van der Waals surface area (Å²) in [7, 11) is -3.67. The third-order valence-electron chi connectivity index (χ3n) is 5.61. The summed E-state index contributed by atoms with van der Waals surface area (Å²) in [5.41, 5.74) is 0.474. The first kappa shape index (κ1) is 19.4. The second-order valence-corrected chi connectivity index (χ2v) is 9.36. The summed E-state index contributed by atoms with van der Waals surface area (Å²) in [6.45, 7) is 5.17. The molecule has 1 unspecified atom stereocenters. The number of fused-ring (bicyclic) bond motifs is 1. The minimum absolute atomic E-state index is 0.0103. The molecule has 2 fully saturated rings. The predicted octanol–water partition coefficient (Wildman–Crippen LogP) is 1.18. The van der Waals surface area contributed by atoms with Gasteiger partial charge in [-0.05, 0) is 38.4 Å². The molecule has 2 amide bonds. The van der Waals surface area contributed by atoms with Gasteiger partial charge in [-0.15, -0.1) is 0 Å². The van der Waals surface area contributed by atoms with Crippen molar-refractivity contribution >= 4 is 21.8 Å². The van der Waals surface area contributed by atoms with Gasteiger partial charge in [0.1, 0.15) is 0 Å². The molecule has 3 aliphatic rings. The summed E-state index contributed by atoms with van der Waals surface area (Å²) in [6, 6.07) is -0.425. The van der Waals surface area contributed by atoms with Gasteiger partial charge in [0, 0.05) is 19.5 Å². The number of amides is 2. The number of likely N-dealkylation sites (tertiary alicyclic amines) is 1. The van der Waals surface area contributed by atoms with Crippen LogP contribution in [0.15, 0.2) is 11.8 Å². The second-order valence-electron chi connectivity index (χ2n) is 7.53. The molecule has 8 heteroatoms. The van der Waals surface area contributed by atoms with Crippen molar-refractivity contribution in [3.05, 3.63) is 11.8 Å². The highest BCUT2D eigenvalue weighted by Crippen LogP contribution is 2.40. The topological polar surface area (TPSA) is 78.0 Å². The van der Waals surface area contributed by atoms with Crippen molar-refractivity contribution in [2.75, 3.05) is 32.4 Å². The van der Waals surface area contributed by atoms with E-state index in [4.69, 9.17) is 0 Å².